The van der Waals surface area contributed by atoms with E-state index in [4.69, 9.17) is 9.47 Å². The van der Waals surface area contributed by atoms with E-state index in [9.17, 15) is 9.59 Å². The molecule has 2 aromatic heterocycles. The molecule has 0 bridgehead atoms. The molecule has 0 atom stereocenters. The Morgan fingerprint density at radius 3 is 2.71 bits per heavy atom. The van der Waals surface area contributed by atoms with E-state index in [2.05, 4.69) is 0 Å². The van der Waals surface area contributed by atoms with Crippen LogP contribution in [0.25, 0.3) is 15.9 Å². The highest BCUT2D eigenvalue weighted by molar-refractivity contribution is 7.17. The lowest BCUT2D eigenvalue weighted by molar-refractivity contribution is 0.174. The highest BCUT2D eigenvalue weighted by atomic mass is 32.1. The van der Waals surface area contributed by atoms with Gasteiger partial charge in [-0.25, -0.2) is 9.36 Å². The minimum atomic E-state index is -0.358. The maximum atomic E-state index is 13.4. The lowest BCUT2D eigenvalue weighted by Gasteiger charge is -2.14. The van der Waals surface area contributed by atoms with Gasteiger partial charge in [0.2, 0.25) is 6.79 Å². The monoisotopic (exact) mass is 392 g/mol. The van der Waals surface area contributed by atoms with Crippen LogP contribution < -0.4 is 20.7 Å². The summed E-state index contributed by atoms with van der Waals surface area (Å²) in [4.78, 5) is 26.4. The van der Waals surface area contributed by atoms with Gasteiger partial charge in [-0.1, -0.05) is 24.3 Å². The van der Waals surface area contributed by atoms with E-state index >= 15 is 0 Å². The van der Waals surface area contributed by atoms with Crippen LogP contribution in [0.15, 0.2) is 63.5 Å². The molecule has 4 aromatic rings. The second-order valence-electron chi connectivity index (χ2n) is 6.62. The molecule has 0 radical (unpaired) electrons. The van der Waals surface area contributed by atoms with E-state index < -0.39 is 0 Å². The number of hydrogen-bond donors (Lipinski definition) is 0. The molecule has 5 rings (SSSR count). The van der Waals surface area contributed by atoms with Crippen LogP contribution in [0, 0.1) is 6.92 Å². The third-order valence-electron chi connectivity index (χ3n) is 4.89. The molecule has 2 aromatic carbocycles. The molecule has 1 aliphatic rings. The molecule has 1 aliphatic heterocycles. The third kappa shape index (κ3) is 2.55. The summed E-state index contributed by atoms with van der Waals surface area (Å²) in [5, 5.41) is 1.84. The van der Waals surface area contributed by atoms with Crippen molar-refractivity contribution in [3.05, 3.63) is 85.9 Å². The molecule has 3 heterocycles. The molecule has 0 spiro atoms. The molecule has 28 heavy (non-hydrogen) atoms. The highest BCUT2D eigenvalue weighted by Crippen LogP contribution is 2.32. The van der Waals surface area contributed by atoms with Gasteiger partial charge in [0.1, 0.15) is 4.70 Å². The molecule has 0 aliphatic carbocycles. The predicted molar refractivity (Wildman–Crippen MR) is 108 cm³/mol. The second-order valence-corrected chi connectivity index (χ2v) is 7.53. The first-order valence-corrected chi connectivity index (χ1v) is 9.69. The molecule has 0 amide bonds. The van der Waals surface area contributed by atoms with E-state index in [1.807, 2.05) is 54.8 Å². The van der Waals surface area contributed by atoms with Crippen molar-refractivity contribution in [3.63, 3.8) is 0 Å². The fourth-order valence-corrected chi connectivity index (χ4v) is 4.31. The average Bonchev–Trinajstić information content (AvgIpc) is 3.36. The molecular weight excluding hydrogens is 376 g/mol. The van der Waals surface area contributed by atoms with Crippen molar-refractivity contribution >= 4 is 21.6 Å². The quantitative estimate of drug-likeness (QED) is 0.537. The Bertz CT molecular complexity index is 1330. The summed E-state index contributed by atoms with van der Waals surface area (Å²) in [6, 6.07) is 14.8. The minimum absolute atomic E-state index is 0.200. The Morgan fingerprint density at radius 2 is 1.86 bits per heavy atom. The first kappa shape index (κ1) is 16.8. The highest BCUT2D eigenvalue weighted by Gasteiger charge is 2.18. The molecule has 0 unspecified atom stereocenters. The Morgan fingerprint density at radius 1 is 1.04 bits per heavy atom. The second kappa shape index (κ2) is 6.38. The summed E-state index contributed by atoms with van der Waals surface area (Å²) in [7, 11) is 0. The smallest absolute Gasteiger partial charge is 0.336 e. The van der Waals surface area contributed by atoms with Crippen molar-refractivity contribution < 1.29 is 9.47 Å². The lowest BCUT2D eigenvalue weighted by Crippen LogP contribution is -2.39. The third-order valence-corrected chi connectivity index (χ3v) is 5.78. The zero-order valence-corrected chi connectivity index (χ0v) is 15.9. The number of ether oxygens (including phenoxy) is 2. The van der Waals surface area contributed by atoms with Crippen LogP contribution in [0.3, 0.4) is 0 Å². The number of nitrogens with zero attached hydrogens (tertiary/aromatic N) is 2. The first-order chi connectivity index (χ1) is 13.6. The van der Waals surface area contributed by atoms with E-state index in [0.717, 1.165) is 11.1 Å². The fraction of sp³-hybridized carbons (Fsp3) is 0.143. The van der Waals surface area contributed by atoms with Gasteiger partial charge in [-0.3, -0.25) is 9.36 Å². The van der Waals surface area contributed by atoms with Gasteiger partial charge in [0, 0.05) is 0 Å². The van der Waals surface area contributed by atoms with Crippen LogP contribution in [-0.4, -0.2) is 15.9 Å². The van der Waals surface area contributed by atoms with Crippen molar-refractivity contribution in [3.8, 4) is 17.2 Å². The molecule has 0 saturated carbocycles. The van der Waals surface area contributed by atoms with E-state index in [1.54, 1.807) is 10.6 Å². The molecule has 140 valence electrons. The molecule has 0 fully saturated rings. The summed E-state index contributed by atoms with van der Waals surface area (Å²) in [5.74, 6) is 1.36. The van der Waals surface area contributed by atoms with Crippen LogP contribution in [0.5, 0.6) is 11.5 Å². The largest absolute Gasteiger partial charge is 0.454 e. The Kier molecular flexibility index (Phi) is 3.84. The molecule has 0 N–H and O–H groups in total. The topological polar surface area (TPSA) is 62.5 Å². The first-order valence-electron chi connectivity index (χ1n) is 8.81. The van der Waals surface area contributed by atoms with Crippen LogP contribution in [0.2, 0.25) is 0 Å². The zero-order chi connectivity index (χ0) is 19.3. The van der Waals surface area contributed by atoms with Crippen molar-refractivity contribution in [2.75, 3.05) is 6.79 Å². The van der Waals surface area contributed by atoms with Crippen molar-refractivity contribution in [2.24, 2.45) is 0 Å². The van der Waals surface area contributed by atoms with E-state index in [1.165, 1.54) is 15.9 Å². The van der Waals surface area contributed by atoms with Crippen molar-refractivity contribution in [1.82, 2.24) is 9.13 Å². The number of hydrogen-bond acceptors (Lipinski definition) is 5. The normalized spacial score (nSPS) is 12.6. The van der Waals surface area contributed by atoms with Crippen molar-refractivity contribution in [1.29, 1.82) is 0 Å². The fourth-order valence-electron chi connectivity index (χ4n) is 3.49. The average molecular weight is 392 g/mol. The SMILES string of the molecule is Cc1ccccc1-n1c(=O)c2sccc2n(Cc2ccc3c(c2)OCO3)c1=O. The minimum Gasteiger partial charge on any atom is -0.454 e. The Hall–Kier alpha value is -3.32. The maximum Gasteiger partial charge on any atom is 0.336 e. The van der Waals surface area contributed by atoms with E-state index in [0.29, 0.717) is 33.9 Å². The maximum absolute atomic E-state index is 13.4. The summed E-state index contributed by atoms with van der Waals surface area (Å²) in [6.07, 6.45) is 0. The number of rotatable bonds is 3. The summed E-state index contributed by atoms with van der Waals surface area (Å²) in [6.45, 7) is 2.42. The number of benzene rings is 2. The zero-order valence-electron chi connectivity index (χ0n) is 15.0. The van der Waals surface area contributed by atoms with Crippen LogP contribution >= 0.6 is 11.3 Å². The number of fused-ring (bicyclic) bond motifs is 2. The number of aromatic nitrogens is 2. The van der Waals surface area contributed by atoms with Crippen LogP contribution in [0.1, 0.15) is 11.1 Å². The molecule has 6 nitrogen and oxygen atoms in total. The number of para-hydroxylation sites is 1. The summed E-state index contributed by atoms with van der Waals surface area (Å²) < 4.78 is 14.3. The van der Waals surface area contributed by atoms with Crippen LogP contribution in [-0.2, 0) is 6.54 Å². The molecule has 0 saturated heterocycles. The summed E-state index contributed by atoms with van der Waals surface area (Å²) >= 11 is 1.34. The molecular formula is C21H16N2O4S. The van der Waals surface area contributed by atoms with Gasteiger partial charge in [0.05, 0.1) is 17.7 Å². The van der Waals surface area contributed by atoms with Gasteiger partial charge in [-0.05, 0) is 47.7 Å². The molecule has 7 heteroatoms. The van der Waals surface area contributed by atoms with Gasteiger partial charge in [0.25, 0.3) is 5.56 Å². The van der Waals surface area contributed by atoms with Crippen molar-refractivity contribution in [2.45, 2.75) is 13.5 Å². The number of aryl methyl sites for hydroxylation is 1. The van der Waals surface area contributed by atoms with Gasteiger partial charge < -0.3 is 9.47 Å². The van der Waals surface area contributed by atoms with Gasteiger partial charge in [-0.2, -0.15) is 0 Å². The van der Waals surface area contributed by atoms with Gasteiger partial charge in [-0.15, -0.1) is 11.3 Å². The standard InChI is InChI=1S/C21H16N2O4S/c1-13-4-2-3-5-15(13)23-20(24)19-16(8-9-28-19)22(21(23)25)11-14-6-7-17-18(10-14)27-12-26-17/h2-10H,11-12H2,1H3. The Labute approximate surface area is 163 Å². The van der Waals surface area contributed by atoms with Crippen LogP contribution in [0.4, 0.5) is 0 Å². The van der Waals surface area contributed by atoms with Gasteiger partial charge >= 0.3 is 5.69 Å². The lowest BCUT2D eigenvalue weighted by atomic mass is 10.2. The Balaban J connectivity index is 1.73. The van der Waals surface area contributed by atoms with E-state index in [-0.39, 0.29) is 18.0 Å². The van der Waals surface area contributed by atoms with Gasteiger partial charge in [0.15, 0.2) is 11.5 Å². The predicted octanol–water partition coefficient (Wildman–Crippen LogP) is 3.30. The number of thiophene rings is 1. The summed E-state index contributed by atoms with van der Waals surface area (Å²) in [5.41, 5.74) is 2.37.